The minimum absolute atomic E-state index is 0.0562. The van der Waals surface area contributed by atoms with Crippen molar-refractivity contribution in [2.24, 2.45) is 0 Å². The van der Waals surface area contributed by atoms with Gasteiger partial charge in [-0.25, -0.2) is 4.98 Å². The fourth-order valence-corrected chi connectivity index (χ4v) is 5.00. The number of nitrogens with zero attached hydrogens (tertiary/aromatic N) is 4. The van der Waals surface area contributed by atoms with E-state index in [-0.39, 0.29) is 12.5 Å². The Bertz CT molecular complexity index is 1270. The summed E-state index contributed by atoms with van der Waals surface area (Å²) in [6.45, 7) is 5.27. The molecular weight excluding hydrogens is 448 g/mol. The van der Waals surface area contributed by atoms with Gasteiger partial charge in [0, 0.05) is 32.6 Å². The Morgan fingerprint density at radius 2 is 1.76 bits per heavy atom. The number of carbonyl (C=O) groups excluding carboxylic acids is 1. The second-order valence-corrected chi connectivity index (χ2v) is 9.01. The van der Waals surface area contributed by atoms with Crippen LogP contribution in [0.15, 0.2) is 48.8 Å². The van der Waals surface area contributed by atoms with E-state index >= 15 is 0 Å². The van der Waals surface area contributed by atoms with Gasteiger partial charge in [0.25, 0.3) is 5.91 Å². The second-order valence-electron chi connectivity index (χ2n) is 8.01. The van der Waals surface area contributed by atoms with Crippen molar-refractivity contribution >= 4 is 27.5 Å². The van der Waals surface area contributed by atoms with Gasteiger partial charge in [-0.2, -0.15) is 4.98 Å². The van der Waals surface area contributed by atoms with Crippen LogP contribution in [0.5, 0.6) is 5.88 Å². The van der Waals surface area contributed by atoms with Crippen LogP contribution >= 0.6 is 11.3 Å². The number of aromatic nitrogens is 3. The van der Waals surface area contributed by atoms with Crippen molar-refractivity contribution in [3.05, 3.63) is 81.7 Å². The molecule has 0 spiro atoms. The van der Waals surface area contributed by atoms with Crippen molar-refractivity contribution < 1.29 is 14.3 Å². The molecule has 3 heterocycles. The van der Waals surface area contributed by atoms with Crippen LogP contribution in [-0.4, -0.2) is 40.0 Å². The molecule has 0 aliphatic rings. The Morgan fingerprint density at radius 3 is 2.41 bits per heavy atom. The highest BCUT2D eigenvalue weighted by molar-refractivity contribution is 7.20. The van der Waals surface area contributed by atoms with E-state index in [2.05, 4.69) is 46.1 Å². The van der Waals surface area contributed by atoms with Crippen LogP contribution in [0.2, 0.25) is 0 Å². The van der Waals surface area contributed by atoms with Gasteiger partial charge in [0.1, 0.15) is 11.4 Å². The lowest BCUT2D eigenvalue weighted by molar-refractivity contribution is 0.0734. The van der Waals surface area contributed by atoms with Crippen molar-refractivity contribution in [1.82, 2.24) is 19.9 Å². The predicted molar refractivity (Wildman–Crippen MR) is 133 cm³/mol. The third-order valence-electron chi connectivity index (χ3n) is 5.65. The number of benzene rings is 1. The van der Waals surface area contributed by atoms with E-state index < -0.39 is 0 Å². The van der Waals surface area contributed by atoms with Crippen LogP contribution in [0, 0.1) is 6.92 Å². The molecule has 0 fully saturated rings. The Kier molecular flexibility index (Phi) is 7.49. The quantitative estimate of drug-likeness (QED) is 0.340. The summed E-state index contributed by atoms with van der Waals surface area (Å²) in [6.07, 6.45) is 4.51. The summed E-state index contributed by atoms with van der Waals surface area (Å²) >= 11 is 1.36. The Hall–Kier alpha value is -3.36. The molecule has 4 aromatic rings. The number of amides is 1. The maximum absolute atomic E-state index is 13.9. The van der Waals surface area contributed by atoms with Gasteiger partial charge in [0.15, 0.2) is 5.82 Å². The number of hydrogen-bond donors (Lipinski definition) is 0. The highest BCUT2D eigenvalue weighted by Crippen LogP contribution is 2.36. The topological polar surface area (TPSA) is 77.4 Å². The van der Waals surface area contributed by atoms with E-state index in [1.807, 2.05) is 24.0 Å². The average Bonchev–Trinajstić information content (AvgIpc) is 3.20. The van der Waals surface area contributed by atoms with Gasteiger partial charge in [0.05, 0.1) is 17.4 Å². The second kappa shape index (κ2) is 10.7. The molecule has 0 unspecified atom stereocenters. The van der Waals surface area contributed by atoms with Crippen molar-refractivity contribution in [3.8, 4) is 5.88 Å². The number of fused-ring (bicyclic) bond motifs is 1. The number of carbonyl (C=O) groups is 1. The number of hydrogen-bond acceptors (Lipinski definition) is 7. The number of pyridine rings is 1. The molecule has 0 N–H and O–H groups in total. The van der Waals surface area contributed by atoms with Gasteiger partial charge in [0.2, 0.25) is 5.88 Å². The van der Waals surface area contributed by atoms with E-state index in [1.165, 1.54) is 16.9 Å². The van der Waals surface area contributed by atoms with Crippen molar-refractivity contribution in [2.45, 2.75) is 40.0 Å². The molecule has 4 rings (SSSR count). The van der Waals surface area contributed by atoms with Crippen LogP contribution < -0.4 is 4.74 Å². The summed E-state index contributed by atoms with van der Waals surface area (Å²) in [6, 6.07) is 12.3. The van der Waals surface area contributed by atoms with Gasteiger partial charge in [-0.05, 0) is 41.7 Å². The first-order valence-electron chi connectivity index (χ1n) is 11.1. The number of rotatable bonds is 9. The fraction of sp³-hybridized carbons (Fsp3) is 0.308. The van der Waals surface area contributed by atoms with Gasteiger partial charge < -0.3 is 14.4 Å². The highest BCUT2D eigenvalue weighted by atomic mass is 32.1. The van der Waals surface area contributed by atoms with E-state index in [1.54, 1.807) is 26.6 Å². The highest BCUT2D eigenvalue weighted by Gasteiger charge is 2.25. The van der Waals surface area contributed by atoms with Crippen molar-refractivity contribution in [2.75, 3.05) is 14.2 Å². The molecule has 1 amide bonds. The maximum atomic E-state index is 13.9. The van der Waals surface area contributed by atoms with E-state index in [9.17, 15) is 4.79 Å². The Labute approximate surface area is 203 Å². The standard InChI is InChI=1S/C26H28N4O3S/c1-5-18-8-10-19(11-9-18)14-30(15-20-7-6-12-27-13-20)26(31)23-17(2)22-24(33-4)28-21(16-32-3)29-25(22)34-23/h6-13H,5,14-16H2,1-4H3. The molecular formula is C26H28N4O3S. The van der Waals surface area contributed by atoms with E-state index in [0.29, 0.717) is 34.5 Å². The summed E-state index contributed by atoms with van der Waals surface area (Å²) in [7, 11) is 3.17. The molecule has 3 aromatic heterocycles. The third kappa shape index (κ3) is 5.08. The largest absolute Gasteiger partial charge is 0.480 e. The average molecular weight is 477 g/mol. The molecule has 1 aromatic carbocycles. The Balaban J connectivity index is 1.72. The van der Waals surface area contributed by atoms with Crippen LogP contribution in [-0.2, 0) is 30.9 Å². The minimum Gasteiger partial charge on any atom is -0.480 e. The lowest BCUT2D eigenvalue weighted by Crippen LogP contribution is -2.30. The summed E-state index contributed by atoms with van der Waals surface area (Å²) < 4.78 is 10.7. The van der Waals surface area contributed by atoms with E-state index in [4.69, 9.17) is 9.47 Å². The van der Waals surface area contributed by atoms with E-state index in [0.717, 1.165) is 28.5 Å². The predicted octanol–water partition coefficient (Wildman–Crippen LogP) is 4.95. The van der Waals surface area contributed by atoms with Crippen molar-refractivity contribution in [3.63, 3.8) is 0 Å². The number of ether oxygens (including phenoxy) is 2. The maximum Gasteiger partial charge on any atom is 0.264 e. The van der Waals surface area contributed by atoms with Gasteiger partial charge in [-0.1, -0.05) is 37.3 Å². The summed E-state index contributed by atoms with van der Waals surface area (Å²) in [5.41, 5.74) is 4.14. The lowest BCUT2D eigenvalue weighted by Gasteiger charge is -2.23. The zero-order valence-electron chi connectivity index (χ0n) is 19.9. The molecule has 0 bridgehead atoms. The minimum atomic E-state index is -0.0562. The molecule has 8 heteroatoms. The lowest BCUT2D eigenvalue weighted by atomic mass is 10.1. The van der Waals surface area contributed by atoms with Gasteiger partial charge in [-0.15, -0.1) is 11.3 Å². The van der Waals surface area contributed by atoms with Crippen molar-refractivity contribution in [1.29, 1.82) is 0 Å². The third-order valence-corrected chi connectivity index (χ3v) is 6.83. The SMILES string of the molecule is CCc1ccc(CN(Cc2cccnc2)C(=O)c2sc3nc(COC)nc(OC)c3c2C)cc1. The molecule has 0 aliphatic carbocycles. The molecule has 7 nitrogen and oxygen atoms in total. The first-order chi connectivity index (χ1) is 16.5. The fourth-order valence-electron chi connectivity index (χ4n) is 3.85. The van der Waals surface area contributed by atoms with Crippen LogP contribution in [0.25, 0.3) is 10.2 Å². The summed E-state index contributed by atoms with van der Waals surface area (Å²) in [5.74, 6) is 0.924. The first kappa shape index (κ1) is 23.8. The summed E-state index contributed by atoms with van der Waals surface area (Å²) in [4.78, 5) is 30.4. The molecule has 0 saturated carbocycles. The smallest absolute Gasteiger partial charge is 0.264 e. The zero-order chi connectivity index (χ0) is 24.1. The molecule has 0 saturated heterocycles. The molecule has 0 atom stereocenters. The first-order valence-corrected chi connectivity index (χ1v) is 11.9. The number of methoxy groups -OCH3 is 2. The molecule has 0 radical (unpaired) electrons. The van der Waals surface area contributed by atoms with Gasteiger partial charge in [-0.3, -0.25) is 9.78 Å². The van der Waals surface area contributed by atoms with Crippen LogP contribution in [0.3, 0.4) is 0 Å². The summed E-state index contributed by atoms with van der Waals surface area (Å²) in [5, 5.41) is 0.768. The van der Waals surface area contributed by atoms with Crippen LogP contribution in [0.1, 0.15) is 44.7 Å². The normalized spacial score (nSPS) is 11.1. The molecule has 0 aliphatic heterocycles. The molecule has 34 heavy (non-hydrogen) atoms. The number of aryl methyl sites for hydroxylation is 2. The van der Waals surface area contributed by atoms with Gasteiger partial charge >= 0.3 is 0 Å². The number of thiophene rings is 1. The Morgan fingerprint density at radius 1 is 1.03 bits per heavy atom. The monoisotopic (exact) mass is 476 g/mol. The molecule has 176 valence electrons. The van der Waals surface area contributed by atoms with Crippen LogP contribution in [0.4, 0.5) is 0 Å². The zero-order valence-corrected chi connectivity index (χ0v) is 20.7.